The third-order valence-electron chi connectivity index (χ3n) is 10.4. The molecule has 0 bridgehead atoms. The molecule has 44 heavy (non-hydrogen) atoms. The lowest BCUT2D eigenvalue weighted by atomic mass is 9.67. The van der Waals surface area contributed by atoms with Crippen molar-refractivity contribution in [1.29, 1.82) is 0 Å². The first-order chi connectivity index (χ1) is 21.2. The van der Waals surface area contributed by atoms with Crippen LogP contribution in [-0.2, 0) is 20.9 Å². The van der Waals surface area contributed by atoms with Crippen LogP contribution in [0.15, 0.2) is 65.3 Å². The summed E-state index contributed by atoms with van der Waals surface area (Å²) in [5, 5.41) is 9.54. The molecule has 3 heterocycles. The van der Waals surface area contributed by atoms with Crippen molar-refractivity contribution in [2.24, 2.45) is 23.7 Å². The first kappa shape index (κ1) is 30.7. The molecule has 7 heteroatoms. The summed E-state index contributed by atoms with van der Waals surface area (Å²) in [7, 11) is 0. The molecular weight excluding hydrogens is 555 g/mol. The molecule has 0 radical (unpaired) electrons. The summed E-state index contributed by atoms with van der Waals surface area (Å²) in [5.74, 6) is -1.31. The standard InChI is InChI=1S/C37H45FN2O4/c1-4-24(18-26-10-12-32(41)31(38)19-26)11-13-33-34-28(23(2)3)20-29-35(30(34)22-44-33)37(43)40(36(29)42)27-14-16-39(17-15-27)21-25-8-6-5-7-9-25/h5-10,12,18-19,23,27,29-30,33,35,41H,4,11,13-17,20-22H2,1-3H3/b24-18+/t29-,30+,33-,35-/m1/s1. The molecule has 3 fully saturated rings. The highest BCUT2D eigenvalue weighted by Crippen LogP contribution is 2.52. The van der Waals surface area contributed by atoms with Crippen LogP contribution in [0.1, 0.15) is 70.4 Å². The number of phenols is 1. The summed E-state index contributed by atoms with van der Waals surface area (Å²) in [5.41, 5.74) is 5.75. The molecule has 0 spiro atoms. The largest absolute Gasteiger partial charge is 0.505 e. The van der Waals surface area contributed by atoms with Gasteiger partial charge in [0, 0.05) is 31.6 Å². The zero-order valence-corrected chi connectivity index (χ0v) is 26.2. The van der Waals surface area contributed by atoms with Crippen molar-refractivity contribution in [2.45, 2.75) is 78.0 Å². The molecule has 4 atom stereocenters. The summed E-state index contributed by atoms with van der Waals surface area (Å²) < 4.78 is 20.4. The highest BCUT2D eigenvalue weighted by molar-refractivity contribution is 6.06. The maximum absolute atomic E-state index is 14.1. The Bertz CT molecular complexity index is 1440. The fraction of sp³-hybridized carbons (Fsp3) is 0.514. The number of rotatable bonds is 9. The number of benzene rings is 2. The van der Waals surface area contributed by atoms with E-state index in [2.05, 4.69) is 49.9 Å². The number of halogens is 1. The third-order valence-corrected chi connectivity index (χ3v) is 10.4. The van der Waals surface area contributed by atoms with Crippen LogP contribution in [0.2, 0.25) is 0 Å². The topological polar surface area (TPSA) is 70.1 Å². The van der Waals surface area contributed by atoms with E-state index >= 15 is 0 Å². The van der Waals surface area contributed by atoms with Gasteiger partial charge in [0.1, 0.15) is 0 Å². The monoisotopic (exact) mass is 600 g/mol. The first-order valence-electron chi connectivity index (χ1n) is 16.4. The molecule has 1 aliphatic carbocycles. The van der Waals surface area contributed by atoms with E-state index < -0.39 is 5.82 Å². The number of ether oxygens (including phenoxy) is 1. The number of allylic oxidation sites excluding steroid dienone is 2. The van der Waals surface area contributed by atoms with Gasteiger partial charge in [-0.05, 0) is 73.3 Å². The molecular formula is C37H45FN2O4. The lowest BCUT2D eigenvalue weighted by Gasteiger charge is -2.36. The number of piperidine rings is 1. The van der Waals surface area contributed by atoms with Gasteiger partial charge in [-0.3, -0.25) is 19.4 Å². The molecule has 1 N–H and O–H groups in total. The molecule has 2 amide bonds. The van der Waals surface area contributed by atoms with Crippen molar-refractivity contribution < 1.29 is 23.8 Å². The predicted molar refractivity (Wildman–Crippen MR) is 169 cm³/mol. The maximum atomic E-state index is 14.1. The fourth-order valence-corrected chi connectivity index (χ4v) is 8.04. The van der Waals surface area contributed by atoms with Crippen molar-refractivity contribution in [3.05, 3.63) is 82.2 Å². The Morgan fingerprint density at radius 1 is 1.07 bits per heavy atom. The summed E-state index contributed by atoms with van der Waals surface area (Å²) >= 11 is 0. The van der Waals surface area contributed by atoms with Crippen LogP contribution in [-0.4, -0.2) is 58.6 Å². The number of aromatic hydroxyl groups is 1. The molecule has 0 saturated carbocycles. The van der Waals surface area contributed by atoms with Crippen LogP contribution in [0.4, 0.5) is 4.39 Å². The zero-order valence-electron chi connectivity index (χ0n) is 26.2. The van der Waals surface area contributed by atoms with E-state index in [1.807, 2.05) is 12.1 Å². The Labute approximate surface area is 260 Å². The molecule has 0 unspecified atom stereocenters. The first-order valence-corrected chi connectivity index (χ1v) is 16.4. The summed E-state index contributed by atoms with van der Waals surface area (Å²) in [6.07, 6.45) is 6.60. The Balaban J connectivity index is 1.14. The van der Waals surface area contributed by atoms with Gasteiger partial charge in [-0.1, -0.05) is 74.4 Å². The number of hydrogen-bond donors (Lipinski definition) is 1. The van der Waals surface area contributed by atoms with Gasteiger partial charge in [-0.15, -0.1) is 0 Å². The highest BCUT2D eigenvalue weighted by atomic mass is 19.1. The van der Waals surface area contributed by atoms with Crippen molar-refractivity contribution >= 4 is 17.9 Å². The Morgan fingerprint density at radius 3 is 2.50 bits per heavy atom. The minimum atomic E-state index is -0.623. The SMILES string of the molecule is CC/C(=C\c1ccc(O)c(F)c1)CC[C@H]1OC[C@H]2C1=C(C(C)C)C[C@H]1C(=O)N(C3CCN(Cc4ccccc4)CC3)C(=O)[C@H]12. The van der Waals surface area contributed by atoms with Gasteiger partial charge >= 0.3 is 0 Å². The Kier molecular flexibility index (Phi) is 9.06. The number of amides is 2. The van der Waals surface area contributed by atoms with Crippen molar-refractivity contribution in [2.75, 3.05) is 19.7 Å². The predicted octanol–water partition coefficient (Wildman–Crippen LogP) is 6.74. The molecule has 6 rings (SSSR count). The molecule has 0 aromatic heterocycles. The van der Waals surface area contributed by atoms with Crippen LogP contribution in [0.25, 0.3) is 6.08 Å². The maximum Gasteiger partial charge on any atom is 0.234 e. The molecule has 3 aliphatic heterocycles. The number of carbonyl (C=O) groups excluding carboxylic acids is 2. The number of carbonyl (C=O) groups is 2. The number of fused-ring (bicyclic) bond motifs is 3. The van der Waals surface area contributed by atoms with Gasteiger partial charge < -0.3 is 9.84 Å². The fourth-order valence-electron chi connectivity index (χ4n) is 8.04. The quantitative estimate of drug-likeness (QED) is 0.255. The molecule has 4 aliphatic rings. The van der Waals surface area contributed by atoms with Crippen LogP contribution in [0, 0.1) is 29.5 Å². The number of likely N-dealkylation sites (tertiary alicyclic amines) is 2. The second-order valence-corrected chi connectivity index (χ2v) is 13.3. The molecule has 234 valence electrons. The number of imide groups is 1. The smallest absolute Gasteiger partial charge is 0.234 e. The normalized spacial score (nSPS) is 26.6. The zero-order chi connectivity index (χ0) is 31.0. The average Bonchev–Trinajstić information content (AvgIpc) is 3.55. The lowest BCUT2D eigenvalue weighted by Crippen LogP contribution is -2.47. The summed E-state index contributed by atoms with van der Waals surface area (Å²) in [4.78, 5) is 32.1. The van der Waals surface area contributed by atoms with Crippen LogP contribution < -0.4 is 0 Å². The number of phenolic OH excluding ortho intramolecular Hbond substituents is 1. The van der Waals surface area contributed by atoms with E-state index in [4.69, 9.17) is 4.74 Å². The minimum absolute atomic E-state index is 0.0135. The van der Waals surface area contributed by atoms with Crippen molar-refractivity contribution in [1.82, 2.24) is 9.80 Å². The second kappa shape index (κ2) is 13.0. The average molecular weight is 601 g/mol. The molecule has 2 aromatic rings. The van der Waals surface area contributed by atoms with Crippen LogP contribution in [0.3, 0.4) is 0 Å². The lowest BCUT2D eigenvalue weighted by molar-refractivity contribution is -0.144. The number of nitrogens with zero attached hydrogens (tertiary/aromatic N) is 2. The molecule has 2 aromatic carbocycles. The molecule has 3 saturated heterocycles. The minimum Gasteiger partial charge on any atom is -0.505 e. The summed E-state index contributed by atoms with van der Waals surface area (Å²) in [6, 6.07) is 14.9. The Morgan fingerprint density at radius 2 is 1.82 bits per heavy atom. The highest BCUT2D eigenvalue weighted by Gasteiger charge is 2.58. The number of hydrogen-bond acceptors (Lipinski definition) is 5. The second-order valence-electron chi connectivity index (χ2n) is 13.3. The van der Waals surface area contributed by atoms with E-state index in [0.29, 0.717) is 13.0 Å². The van der Waals surface area contributed by atoms with Crippen molar-refractivity contribution in [3.8, 4) is 5.75 Å². The van der Waals surface area contributed by atoms with E-state index in [1.165, 1.54) is 34.4 Å². The Hall–Kier alpha value is -3.29. The molecule has 6 nitrogen and oxygen atoms in total. The third kappa shape index (κ3) is 6.01. The van der Waals surface area contributed by atoms with Gasteiger partial charge in [-0.2, -0.15) is 0 Å². The van der Waals surface area contributed by atoms with Crippen LogP contribution in [0.5, 0.6) is 5.75 Å². The van der Waals surface area contributed by atoms with Crippen molar-refractivity contribution in [3.63, 3.8) is 0 Å². The summed E-state index contributed by atoms with van der Waals surface area (Å²) in [6.45, 7) is 9.60. The van der Waals surface area contributed by atoms with Gasteiger partial charge in [0.05, 0.1) is 24.5 Å². The van der Waals surface area contributed by atoms with Crippen LogP contribution >= 0.6 is 0 Å². The van der Waals surface area contributed by atoms with E-state index in [9.17, 15) is 19.1 Å². The van der Waals surface area contributed by atoms with E-state index in [-0.39, 0.29) is 53.4 Å². The van der Waals surface area contributed by atoms with E-state index in [0.717, 1.165) is 57.3 Å². The van der Waals surface area contributed by atoms with Gasteiger partial charge in [0.2, 0.25) is 11.8 Å². The van der Waals surface area contributed by atoms with Gasteiger partial charge in [-0.25, -0.2) is 4.39 Å². The van der Waals surface area contributed by atoms with E-state index in [1.54, 1.807) is 11.0 Å². The van der Waals surface area contributed by atoms with Gasteiger partial charge in [0.15, 0.2) is 11.6 Å². The van der Waals surface area contributed by atoms with Gasteiger partial charge in [0.25, 0.3) is 0 Å².